The lowest BCUT2D eigenvalue weighted by Gasteiger charge is -1.96. The molecule has 11 heavy (non-hydrogen) atoms. The van der Waals surface area contributed by atoms with Crippen molar-refractivity contribution >= 4 is 11.8 Å². The summed E-state index contributed by atoms with van der Waals surface area (Å²) >= 11 is 1.53. The van der Waals surface area contributed by atoms with Gasteiger partial charge in [-0.3, -0.25) is 0 Å². The molecule has 3 nitrogen and oxygen atoms in total. The van der Waals surface area contributed by atoms with E-state index in [4.69, 9.17) is 5.26 Å². The minimum Gasteiger partial charge on any atom is -0.245 e. The highest BCUT2D eigenvalue weighted by atomic mass is 32.2. The van der Waals surface area contributed by atoms with Crippen LogP contribution in [0.4, 0.5) is 0 Å². The maximum Gasteiger partial charge on any atom is 0.172 e. The van der Waals surface area contributed by atoms with E-state index >= 15 is 0 Å². The maximum atomic E-state index is 8.58. The van der Waals surface area contributed by atoms with Crippen LogP contribution in [0.5, 0.6) is 0 Å². The minimum absolute atomic E-state index is 0.416. The molecule has 4 heteroatoms. The molecule has 0 saturated carbocycles. The molecule has 0 aliphatic carbocycles. The summed E-state index contributed by atoms with van der Waals surface area (Å²) in [7, 11) is 0. The fraction of sp³-hybridized carbons (Fsp3) is 0.286. The molecule has 0 fully saturated rings. The van der Waals surface area contributed by atoms with Crippen molar-refractivity contribution in [3.63, 3.8) is 0 Å². The molecule has 0 amide bonds. The van der Waals surface area contributed by atoms with Gasteiger partial charge in [-0.1, -0.05) is 6.92 Å². The average molecular weight is 165 g/mol. The van der Waals surface area contributed by atoms with Gasteiger partial charge < -0.3 is 0 Å². The van der Waals surface area contributed by atoms with Crippen LogP contribution in [-0.4, -0.2) is 15.7 Å². The van der Waals surface area contributed by atoms with Gasteiger partial charge in [0.1, 0.15) is 11.1 Å². The van der Waals surface area contributed by atoms with Crippen molar-refractivity contribution in [2.75, 3.05) is 5.75 Å². The largest absolute Gasteiger partial charge is 0.245 e. The van der Waals surface area contributed by atoms with Gasteiger partial charge in [0.25, 0.3) is 0 Å². The third kappa shape index (κ3) is 1.92. The smallest absolute Gasteiger partial charge is 0.172 e. The van der Waals surface area contributed by atoms with Gasteiger partial charge in [-0.15, -0.1) is 11.8 Å². The molecule has 0 bridgehead atoms. The zero-order valence-electron chi connectivity index (χ0n) is 6.11. The summed E-state index contributed by atoms with van der Waals surface area (Å²) in [6.07, 6.45) is 3.12. The molecule has 0 aliphatic rings. The van der Waals surface area contributed by atoms with Crippen LogP contribution >= 0.6 is 11.8 Å². The quantitative estimate of drug-likeness (QED) is 0.622. The van der Waals surface area contributed by atoms with E-state index in [1.807, 2.05) is 13.0 Å². The van der Waals surface area contributed by atoms with Gasteiger partial charge in [-0.2, -0.15) is 5.26 Å². The molecule has 0 radical (unpaired) electrons. The molecule has 0 unspecified atom stereocenters. The normalized spacial score (nSPS) is 9.09. The molecule has 1 aromatic heterocycles. The topological polar surface area (TPSA) is 49.6 Å². The van der Waals surface area contributed by atoms with Crippen molar-refractivity contribution in [2.45, 2.75) is 11.9 Å². The van der Waals surface area contributed by atoms with Crippen LogP contribution in [-0.2, 0) is 0 Å². The van der Waals surface area contributed by atoms with E-state index in [9.17, 15) is 0 Å². The zero-order chi connectivity index (χ0) is 8.10. The first kappa shape index (κ1) is 8.02. The molecule has 0 spiro atoms. The Balaban J connectivity index is 2.95. The van der Waals surface area contributed by atoms with Crippen molar-refractivity contribution in [3.05, 3.63) is 18.1 Å². The summed E-state index contributed by atoms with van der Waals surface area (Å²) in [4.78, 5) is 7.89. The Morgan fingerprint density at radius 2 is 2.27 bits per heavy atom. The molecule has 1 rings (SSSR count). The number of hydrogen-bond donors (Lipinski definition) is 0. The predicted octanol–water partition coefficient (Wildman–Crippen LogP) is 1.46. The first-order valence-electron chi connectivity index (χ1n) is 3.22. The number of nitriles is 1. The predicted molar refractivity (Wildman–Crippen MR) is 43.1 cm³/mol. The first-order valence-corrected chi connectivity index (χ1v) is 4.21. The Bertz CT molecular complexity index is 279. The zero-order valence-corrected chi connectivity index (χ0v) is 6.93. The molecule has 0 atom stereocenters. The lowest BCUT2D eigenvalue weighted by atomic mass is 10.5. The van der Waals surface area contributed by atoms with E-state index < -0.39 is 0 Å². The minimum atomic E-state index is 0.416. The summed E-state index contributed by atoms with van der Waals surface area (Å²) in [6.45, 7) is 2.01. The summed E-state index contributed by atoms with van der Waals surface area (Å²) in [6, 6.07) is 1.99. The van der Waals surface area contributed by atoms with Crippen LogP contribution in [0.3, 0.4) is 0 Å². The molecular formula is C7H7N3S. The monoisotopic (exact) mass is 165 g/mol. The Labute approximate surface area is 69.5 Å². The van der Waals surface area contributed by atoms with E-state index in [1.54, 1.807) is 6.20 Å². The summed E-state index contributed by atoms with van der Waals surface area (Å²) in [5.41, 5.74) is 0.416. The summed E-state index contributed by atoms with van der Waals surface area (Å²) in [5.74, 6) is 0.910. The van der Waals surface area contributed by atoms with E-state index in [2.05, 4.69) is 9.97 Å². The molecule has 0 aliphatic heterocycles. The fourth-order valence-electron chi connectivity index (χ4n) is 0.644. The van der Waals surface area contributed by atoms with Gasteiger partial charge in [0.2, 0.25) is 0 Å². The number of hydrogen-bond acceptors (Lipinski definition) is 4. The van der Waals surface area contributed by atoms with E-state index in [-0.39, 0.29) is 0 Å². The lowest BCUT2D eigenvalue weighted by Crippen LogP contribution is -1.89. The number of nitrogens with zero attached hydrogens (tertiary/aromatic N) is 3. The lowest BCUT2D eigenvalue weighted by molar-refractivity contribution is 1.03. The van der Waals surface area contributed by atoms with Crippen molar-refractivity contribution in [1.82, 2.24) is 9.97 Å². The van der Waals surface area contributed by atoms with Crippen LogP contribution in [0, 0.1) is 11.3 Å². The van der Waals surface area contributed by atoms with Crippen LogP contribution < -0.4 is 0 Å². The van der Waals surface area contributed by atoms with Gasteiger partial charge in [0.15, 0.2) is 5.69 Å². The van der Waals surface area contributed by atoms with Crippen LogP contribution in [0.15, 0.2) is 17.4 Å². The Hall–Kier alpha value is -1.08. The third-order valence-electron chi connectivity index (χ3n) is 1.05. The van der Waals surface area contributed by atoms with Gasteiger partial charge >= 0.3 is 0 Å². The number of aromatic nitrogens is 2. The molecular weight excluding hydrogens is 158 g/mol. The molecule has 0 saturated heterocycles. The molecule has 0 aromatic carbocycles. The van der Waals surface area contributed by atoms with E-state index in [1.165, 1.54) is 18.0 Å². The van der Waals surface area contributed by atoms with Crippen molar-refractivity contribution in [3.8, 4) is 6.07 Å². The van der Waals surface area contributed by atoms with Gasteiger partial charge in [-0.25, -0.2) is 9.97 Å². The standard InChI is InChI=1S/C7H7N3S/c1-2-11-7-6(5-8)9-3-4-10-7/h3-4H,2H2,1H3. The SMILES string of the molecule is CCSc1nccnc1C#N. The maximum absolute atomic E-state index is 8.58. The Morgan fingerprint density at radius 3 is 2.91 bits per heavy atom. The molecule has 0 N–H and O–H groups in total. The van der Waals surface area contributed by atoms with Gasteiger partial charge in [-0.05, 0) is 5.75 Å². The van der Waals surface area contributed by atoms with Crippen molar-refractivity contribution < 1.29 is 0 Å². The van der Waals surface area contributed by atoms with E-state index in [0.29, 0.717) is 5.69 Å². The number of rotatable bonds is 2. The Morgan fingerprint density at radius 1 is 1.55 bits per heavy atom. The van der Waals surface area contributed by atoms with Crippen LogP contribution in [0.2, 0.25) is 0 Å². The third-order valence-corrected chi connectivity index (χ3v) is 1.91. The second kappa shape index (κ2) is 3.94. The highest BCUT2D eigenvalue weighted by molar-refractivity contribution is 7.99. The second-order valence-electron chi connectivity index (χ2n) is 1.75. The second-order valence-corrected chi connectivity index (χ2v) is 3.01. The highest BCUT2D eigenvalue weighted by Gasteiger charge is 2.01. The summed E-state index contributed by atoms with van der Waals surface area (Å²) < 4.78 is 0. The molecule has 56 valence electrons. The fourth-order valence-corrected chi connectivity index (χ4v) is 1.29. The van der Waals surface area contributed by atoms with Crippen LogP contribution in [0.25, 0.3) is 0 Å². The van der Waals surface area contributed by atoms with Crippen molar-refractivity contribution in [2.24, 2.45) is 0 Å². The highest BCUT2D eigenvalue weighted by Crippen LogP contribution is 2.15. The Kier molecular flexibility index (Phi) is 2.87. The summed E-state index contributed by atoms with van der Waals surface area (Å²) in [5, 5.41) is 9.30. The molecule has 1 heterocycles. The van der Waals surface area contributed by atoms with E-state index in [0.717, 1.165) is 10.8 Å². The number of thioether (sulfide) groups is 1. The first-order chi connectivity index (χ1) is 5.38. The average Bonchev–Trinajstić information content (AvgIpc) is 2.06. The molecule has 1 aromatic rings. The van der Waals surface area contributed by atoms with Gasteiger partial charge in [0, 0.05) is 12.4 Å². The van der Waals surface area contributed by atoms with Crippen molar-refractivity contribution in [1.29, 1.82) is 5.26 Å². The van der Waals surface area contributed by atoms with Crippen LogP contribution in [0.1, 0.15) is 12.6 Å². The van der Waals surface area contributed by atoms with Gasteiger partial charge in [0.05, 0.1) is 0 Å².